The van der Waals surface area contributed by atoms with E-state index in [1.165, 1.54) is 24.0 Å². The normalized spacial score (nSPS) is 18.4. The van der Waals surface area contributed by atoms with Crippen LogP contribution < -0.4 is 0 Å². The van der Waals surface area contributed by atoms with Gasteiger partial charge in [-0.2, -0.15) is 0 Å². The highest BCUT2D eigenvalue weighted by atomic mass is 16.5. The van der Waals surface area contributed by atoms with Crippen molar-refractivity contribution < 1.29 is 14.3 Å². The molecule has 0 N–H and O–H groups in total. The largest absolute Gasteiger partial charge is 0.466 e. The minimum Gasteiger partial charge on any atom is -0.466 e. The summed E-state index contributed by atoms with van der Waals surface area (Å²) in [7, 11) is 0. The number of nitrogens with zero attached hydrogens (tertiary/aromatic N) is 1. The lowest BCUT2D eigenvalue weighted by molar-refractivity contribution is -0.149. The lowest BCUT2D eigenvalue weighted by Crippen LogP contribution is -2.40. The van der Waals surface area contributed by atoms with Gasteiger partial charge < -0.3 is 9.64 Å². The highest BCUT2D eigenvalue weighted by molar-refractivity contribution is 5.94. The third kappa shape index (κ3) is 3.57. The Hall–Kier alpha value is -1.84. The minimum absolute atomic E-state index is 0.0532. The van der Waals surface area contributed by atoms with Crippen LogP contribution in [-0.4, -0.2) is 36.5 Å². The molecular formula is C19H25NO3. The van der Waals surface area contributed by atoms with Crippen LogP contribution in [0.2, 0.25) is 0 Å². The van der Waals surface area contributed by atoms with E-state index in [9.17, 15) is 9.59 Å². The molecule has 23 heavy (non-hydrogen) atoms. The van der Waals surface area contributed by atoms with Crippen molar-refractivity contribution >= 4 is 11.9 Å². The summed E-state index contributed by atoms with van der Waals surface area (Å²) in [6.45, 7) is 3.53. The first-order valence-corrected chi connectivity index (χ1v) is 8.76. The molecule has 1 aliphatic heterocycles. The van der Waals surface area contributed by atoms with Gasteiger partial charge in [-0.3, -0.25) is 9.59 Å². The maximum Gasteiger partial charge on any atom is 0.309 e. The first kappa shape index (κ1) is 16.0. The van der Waals surface area contributed by atoms with Crippen LogP contribution in [0, 0.1) is 5.92 Å². The molecule has 0 radical (unpaired) electrons. The topological polar surface area (TPSA) is 46.6 Å². The number of rotatable bonds is 3. The second-order valence-electron chi connectivity index (χ2n) is 6.51. The van der Waals surface area contributed by atoms with Crippen molar-refractivity contribution in [1.82, 2.24) is 4.90 Å². The van der Waals surface area contributed by atoms with E-state index in [2.05, 4.69) is 12.1 Å². The summed E-state index contributed by atoms with van der Waals surface area (Å²) in [5, 5.41) is 0. The summed E-state index contributed by atoms with van der Waals surface area (Å²) < 4.78 is 5.08. The zero-order valence-electron chi connectivity index (χ0n) is 13.8. The van der Waals surface area contributed by atoms with Crippen LogP contribution in [0.25, 0.3) is 0 Å². The van der Waals surface area contributed by atoms with Gasteiger partial charge in [0, 0.05) is 18.7 Å². The predicted octanol–water partition coefficient (Wildman–Crippen LogP) is 2.98. The smallest absolute Gasteiger partial charge is 0.309 e. The number of carbonyl (C=O) groups is 2. The number of fused-ring (bicyclic) bond motifs is 1. The molecular weight excluding hydrogens is 290 g/mol. The van der Waals surface area contributed by atoms with E-state index >= 15 is 0 Å². The molecule has 1 aromatic rings. The summed E-state index contributed by atoms with van der Waals surface area (Å²) in [5.41, 5.74) is 3.53. The van der Waals surface area contributed by atoms with Crippen LogP contribution in [0.15, 0.2) is 18.2 Å². The van der Waals surface area contributed by atoms with Crippen molar-refractivity contribution in [1.29, 1.82) is 0 Å². The second kappa shape index (κ2) is 7.16. The highest BCUT2D eigenvalue weighted by Gasteiger charge is 2.28. The fraction of sp³-hybridized carbons (Fsp3) is 0.579. The molecule has 2 aliphatic rings. The Labute approximate surface area is 137 Å². The van der Waals surface area contributed by atoms with Gasteiger partial charge in [0.25, 0.3) is 5.91 Å². The Balaban J connectivity index is 1.62. The van der Waals surface area contributed by atoms with Crippen molar-refractivity contribution in [2.75, 3.05) is 19.7 Å². The Morgan fingerprint density at radius 2 is 1.83 bits per heavy atom. The van der Waals surface area contributed by atoms with Crippen LogP contribution in [0.4, 0.5) is 0 Å². The fourth-order valence-corrected chi connectivity index (χ4v) is 3.63. The number of piperidine rings is 1. The predicted molar refractivity (Wildman–Crippen MR) is 88.3 cm³/mol. The van der Waals surface area contributed by atoms with Crippen molar-refractivity contribution in [3.63, 3.8) is 0 Å². The van der Waals surface area contributed by atoms with Crippen LogP contribution in [0.1, 0.15) is 54.1 Å². The molecule has 0 bridgehead atoms. The highest BCUT2D eigenvalue weighted by Crippen LogP contribution is 2.24. The number of hydrogen-bond acceptors (Lipinski definition) is 3. The molecule has 1 aliphatic carbocycles. The molecule has 4 nitrogen and oxygen atoms in total. The summed E-state index contributed by atoms with van der Waals surface area (Å²) in [4.78, 5) is 26.4. The van der Waals surface area contributed by atoms with Crippen molar-refractivity contribution in [2.24, 2.45) is 5.92 Å². The monoisotopic (exact) mass is 315 g/mol. The van der Waals surface area contributed by atoms with Crippen molar-refractivity contribution in [2.45, 2.75) is 45.4 Å². The van der Waals surface area contributed by atoms with E-state index in [4.69, 9.17) is 4.74 Å². The van der Waals surface area contributed by atoms with Gasteiger partial charge >= 0.3 is 5.97 Å². The van der Waals surface area contributed by atoms with Crippen LogP contribution in [0.5, 0.6) is 0 Å². The van der Waals surface area contributed by atoms with Crippen LogP contribution >= 0.6 is 0 Å². The standard InChI is InChI=1S/C19H25NO3/c1-2-23-19(22)15-9-11-20(12-10-15)18(21)17-8-7-14-5-3-4-6-16(14)13-17/h7-8,13,15H,2-6,9-12H2,1H3. The maximum absolute atomic E-state index is 12.7. The van der Waals surface area contributed by atoms with Crippen LogP contribution in [-0.2, 0) is 22.4 Å². The average molecular weight is 315 g/mol. The first-order chi connectivity index (χ1) is 11.2. The number of carbonyl (C=O) groups excluding carboxylic acids is 2. The van der Waals surface area contributed by atoms with E-state index in [1.807, 2.05) is 17.9 Å². The summed E-state index contributed by atoms with van der Waals surface area (Å²) in [6.07, 6.45) is 6.10. The molecule has 124 valence electrons. The Bertz CT molecular complexity index is 588. The number of hydrogen-bond donors (Lipinski definition) is 0. The van der Waals surface area contributed by atoms with Gasteiger partial charge in [0.15, 0.2) is 0 Å². The molecule has 1 fully saturated rings. The van der Waals surface area contributed by atoms with E-state index in [1.54, 1.807) is 0 Å². The van der Waals surface area contributed by atoms with Gasteiger partial charge in [-0.25, -0.2) is 0 Å². The number of likely N-dealkylation sites (tertiary alicyclic amines) is 1. The zero-order chi connectivity index (χ0) is 16.2. The van der Waals surface area contributed by atoms with E-state index < -0.39 is 0 Å². The van der Waals surface area contributed by atoms with Gasteiger partial charge in [0.1, 0.15) is 0 Å². The number of amides is 1. The van der Waals surface area contributed by atoms with Crippen LogP contribution in [0.3, 0.4) is 0 Å². The van der Waals surface area contributed by atoms with Gasteiger partial charge in [0.05, 0.1) is 12.5 Å². The minimum atomic E-state index is -0.117. The molecule has 0 atom stereocenters. The molecule has 4 heteroatoms. The zero-order valence-corrected chi connectivity index (χ0v) is 13.8. The molecule has 0 saturated carbocycles. The Morgan fingerprint density at radius 1 is 1.13 bits per heavy atom. The average Bonchev–Trinajstić information content (AvgIpc) is 2.61. The third-order valence-corrected chi connectivity index (χ3v) is 5.00. The summed E-state index contributed by atoms with van der Waals surface area (Å²) in [6, 6.07) is 6.16. The molecule has 0 spiro atoms. The lowest BCUT2D eigenvalue weighted by atomic mass is 9.90. The van der Waals surface area contributed by atoms with E-state index in [0.717, 1.165) is 18.4 Å². The number of aryl methyl sites for hydroxylation is 2. The molecule has 1 heterocycles. The van der Waals surface area contributed by atoms with E-state index in [-0.39, 0.29) is 17.8 Å². The molecule has 1 saturated heterocycles. The quantitative estimate of drug-likeness (QED) is 0.806. The molecule has 3 rings (SSSR count). The second-order valence-corrected chi connectivity index (χ2v) is 6.51. The number of esters is 1. The Kier molecular flexibility index (Phi) is 4.99. The molecule has 0 aromatic heterocycles. The molecule has 1 amide bonds. The Morgan fingerprint density at radius 3 is 2.52 bits per heavy atom. The lowest BCUT2D eigenvalue weighted by Gasteiger charge is -2.31. The first-order valence-electron chi connectivity index (χ1n) is 8.76. The SMILES string of the molecule is CCOC(=O)C1CCN(C(=O)c2ccc3c(c2)CCCC3)CC1. The fourth-order valence-electron chi connectivity index (χ4n) is 3.63. The molecule has 0 unspecified atom stereocenters. The molecule has 1 aromatic carbocycles. The third-order valence-electron chi connectivity index (χ3n) is 5.00. The van der Waals surface area contributed by atoms with Gasteiger partial charge in [-0.05, 0) is 68.7 Å². The maximum atomic E-state index is 12.7. The van der Waals surface area contributed by atoms with Gasteiger partial charge in [0.2, 0.25) is 0 Å². The summed E-state index contributed by atoms with van der Waals surface area (Å²) in [5.74, 6) is -0.0726. The van der Waals surface area contributed by atoms with Crippen molar-refractivity contribution in [3.8, 4) is 0 Å². The van der Waals surface area contributed by atoms with Crippen molar-refractivity contribution in [3.05, 3.63) is 34.9 Å². The van der Waals surface area contributed by atoms with E-state index in [0.29, 0.717) is 32.5 Å². The summed E-state index contributed by atoms with van der Waals surface area (Å²) >= 11 is 0. The number of ether oxygens (including phenoxy) is 1. The van der Waals surface area contributed by atoms with Gasteiger partial charge in [-0.1, -0.05) is 6.07 Å². The van der Waals surface area contributed by atoms with Gasteiger partial charge in [-0.15, -0.1) is 0 Å². The number of benzene rings is 1.